The van der Waals surface area contributed by atoms with Crippen molar-refractivity contribution in [3.8, 4) is 0 Å². The van der Waals surface area contributed by atoms with Gasteiger partial charge >= 0.3 is 0 Å². The van der Waals surface area contributed by atoms with Crippen LogP contribution in [0.3, 0.4) is 0 Å². The molecule has 0 bridgehead atoms. The maximum absolute atomic E-state index is 13.6. The van der Waals surface area contributed by atoms with Crippen LogP contribution in [-0.4, -0.2) is 23.7 Å². The summed E-state index contributed by atoms with van der Waals surface area (Å²) in [6.07, 6.45) is 3.48. The van der Waals surface area contributed by atoms with Crippen molar-refractivity contribution in [2.24, 2.45) is 5.92 Å². The Bertz CT molecular complexity index is 461. The molecule has 0 saturated heterocycles. The van der Waals surface area contributed by atoms with Gasteiger partial charge in [0, 0.05) is 12.5 Å². The number of benzene rings is 1. The van der Waals surface area contributed by atoms with Crippen molar-refractivity contribution in [3.05, 3.63) is 35.1 Å². The number of aliphatic hydroxyl groups is 1. The van der Waals surface area contributed by atoms with E-state index < -0.39 is 11.7 Å². The second kappa shape index (κ2) is 6.15. The molecule has 1 aliphatic carbocycles. The number of hydrogen-bond donors (Lipinski definition) is 2. The molecule has 2 unspecified atom stereocenters. The van der Waals surface area contributed by atoms with Crippen LogP contribution >= 0.6 is 0 Å². The number of hydrogen-bond acceptors (Lipinski definition) is 2. The van der Waals surface area contributed by atoms with Crippen molar-refractivity contribution in [2.75, 3.05) is 6.54 Å². The summed E-state index contributed by atoms with van der Waals surface area (Å²) < 4.78 is 13.6. The molecule has 2 rings (SSSR count). The van der Waals surface area contributed by atoms with E-state index in [2.05, 4.69) is 5.32 Å². The third-order valence-electron chi connectivity index (χ3n) is 3.76. The molecule has 0 spiro atoms. The van der Waals surface area contributed by atoms with E-state index in [-0.39, 0.29) is 17.6 Å². The Kier molecular flexibility index (Phi) is 4.53. The number of aryl methyl sites for hydroxylation is 1. The van der Waals surface area contributed by atoms with Crippen molar-refractivity contribution in [1.82, 2.24) is 5.32 Å². The van der Waals surface area contributed by atoms with E-state index in [1.165, 1.54) is 12.1 Å². The normalized spacial score (nSPS) is 23.1. The molecule has 3 nitrogen and oxygen atoms in total. The number of carbonyl (C=O) groups is 1. The maximum atomic E-state index is 13.6. The smallest absolute Gasteiger partial charge is 0.254 e. The molecule has 1 aliphatic rings. The van der Waals surface area contributed by atoms with Gasteiger partial charge in [0.15, 0.2) is 0 Å². The van der Waals surface area contributed by atoms with Crippen LogP contribution < -0.4 is 5.32 Å². The molecule has 19 heavy (non-hydrogen) atoms. The molecule has 1 amide bonds. The lowest BCUT2D eigenvalue weighted by atomic mass is 9.86. The molecule has 0 aliphatic heterocycles. The van der Waals surface area contributed by atoms with Crippen LogP contribution in [0.4, 0.5) is 4.39 Å². The Balaban J connectivity index is 1.93. The predicted octanol–water partition coefficient (Wildman–Crippen LogP) is 2.42. The first-order valence-corrected chi connectivity index (χ1v) is 6.80. The first-order chi connectivity index (χ1) is 9.08. The van der Waals surface area contributed by atoms with Gasteiger partial charge in [-0.15, -0.1) is 0 Å². The van der Waals surface area contributed by atoms with Gasteiger partial charge < -0.3 is 10.4 Å². The number of rotatable bonds is 3. The standard InChI is InChI=1S/C15H20FNO2/c1-10-6-7-12(13(16)8-10)15(19)17-9-11-4-2-3-5-14(11)18/h6-8,11,14,18H,2-5,9H2,1H3,(H,17,19). The molecule has 1 aromatic rings. The van der Waals surface area contributed by atoms with Gasteiger partial charge in [-0.3, -0.25) is 4.79 Å². The molecular formula is C15H20FNO2. The van der Waals surface area contributed by atoms with Gasteiger partial charge in [0.2, 0.25) is 0 Å². The van der Waals surface area contributed by atoms with Crippen LogP contribution in [0, 0.1) is 18.7 Å². The van der Waals surface area contributed by atoms with Crippen LogP contribution in [0.5, 0.6) is 0 Å². The minimum atomic E-state index is -0.498. The Labute approximate surface area is 112 Å². The molecule has 1 aromatic carbocycles. The highest BCUT2D eigenvalue weighted by atomic mass is 19.1. The Morgan fingerprint density at radius 3 is 2.84 bits per heavy atom. The predicted molar refractivity (Wildman–Crippen MR) is 71.4 cm³/mol. The van der Waals surface area contributed by atoms with E-state index in [1.54, 1.807) is 13.0 Å². The number of amides is 1. The minimum absolute atomic E-state index is 0.0656. The highest BCUT2D eigenvalue weighted by molar-refractivity contribution is 5.94. The zero-order chi connectivity index (χ0) is 13.8. The minimum Gasteiger partial charge on any atom is -0.393 e. The SMILES string of the molecule is Cc1ccc(C(=O)NCC2CCCCC2O)c(F)c1. The van der Waals surface area contributed by atoms with Gasteiger partial charge in [0.05, 0.1) is 11.7 Å². The fraction of sp³-hybridized carbons (Fsp3) is 0.533. The summed E-state index contributed by atoms with van der Waals surface area (Å²) >= 11 is 0. The van der Waals surface area contributed by atoms with Crippen LogP contribution in [0.15, 0.2) is 18.2 Å². The molecule has 0 heterocycles. The fourth-order valence-corrected chi connectivity index (χ4v) is 2.55. The molecule has 0 radical (unpaired) electrons. The Hall–Kier alpha value is -1.42. The lowest BCUT2D eigenvalue weighted by Crippen LogP contribution is -2.36. The van der Waals surface area contributed by atoms with E-state index in [0.29, 0.717) is 6.54 Å². The Morgan fingerprint density at radius 2 is 2.16 bits per heavy atom. The maximum Gasteiger partial charge on any atom is 0.254 e. The first kappa shape index (κ1) is 14.0. The van der Waals surface area contributed by atoms with E-state index in [4.69, 9.17) is 0 Å². The number of nitrogens with one attached hydrogen (secondary N) is 1. The average molecular weight is 265 g/mol. The zero-order valence-corrected chi connectivity index (χ0v) is 11.2. The van der Waals surface area contributed by atoms with E-state index in [0.717, 1.165) is 31.2 Å². The average Bonchev–Trinajstić information content (AvgIpc) is 2.37. The molecule has 4 heteroatoms. The quantitative estimate of drug-likeness (QED) is 0.881. The van der Waals surface area contributed by atoms with Gasteiger partial charge in [-0.25, -0.2) is 4.39 Å². The van der Waals surface area contributed by atoms with E-state index in [9.17, 15) is 14.3 Å². The largest absolute Gasteiger partial charge is 0.393 e. The lowest BCUT2D eigenvalue weighted by Gasteiger charge is -2.27. The van der Waals surface area contributed by atoms with Crippen LogP contribution in [-0.2, 0) is 0 Å². The van der Waals surface area contributed by atoms with Gasteiger partial charge in [-0.2, -0.15) is 0 Å². The second-order valence-electron chi connectivity index (χ2n) is 5.31. The number of aliphatic hydroxyl groups excluding tert-OH is 1. The van der Waals surface area contributed by atoms with Crippen molar-refractivity contribution < 1.29 is 14.3 Å². The molecule has 2 N–H and O–H groups in total. The van der Waals surface area contributed by atoms with Gasteiger partial charge in [-0.1, -0.05) is 18.9 Å². The number of halogens is 1. The summed E-state index contributed by atoms with van der Waals surface area (Å²) in [5, 5.41) is 12.5. The Morgan fingerprint density at radius 1 is 1.42 bits per heavy atom. The summed E-state index contributed by atoms with van der Waals surface area (Å²) in [6, 6.07) is 4.56. The van der Waals surface area contributed by atoms with Crippen LogP contribution in [0.2, 0.25) is 0 Å². The lowest BCUT2D eigenvalue weighted by molar-refractivity contribution is 0.0662. The molecule has 1 fully saturated rings. The molecular weight excluding hydrogens is 245 g/mol. The molecule has 1 saturated carbocycles. The summed E-state index contributed by atoms with van der Waals surface area (Å²) in [5.74, 6) is -0.817. The third kappa shape index (κ3) is 3.53. The topological polar surface area (TPSA) is 49.3 Å². The molecule has 2 atom stereocenters. The highest BCUT2D eigenvalue weighted by Crippen LogP contribution is 2.23. The van der Waals surface area contributed by atoms with E-state index >= 15 is 0 Å². The fourth-order valence-electron chi connectivity index (χ4n) is 2.55. The summed E-state index contributed by atoms with van der Waals surface area (Å²) in [4.78, 5) is 11.9. The van der Waals surface area contributed by atoms with Crippen molar-refractivity contribution in [2.45, 2.75) is 38.7 Å². The second-order valence-corrected chi connectivity index (χ2v) is 5.31. The highest BCUT2D eigenvalue weighted by Gasteiger charge is 2.23. The third-order valence-corrected chi connectivity index (χ3v) is 3.76. The van der Waals surface area contributed by atoms with Gasteiger partial charge in [-0.05, 0) is 37.5 Å². The summed E-state index contributed by atoms with van der Waals surface area (Å²) in [6.45, 7) is 2.19. The molecule has 0 aromatic heterocycles. The van der Waals surface area contributed by atoms with Gasteiger partial charge in [0.1, 0.15) is 5.82 Å². The van der Waals surface area contributed by atoms with Crippen LogP contribution in [0.25, 0.3) is 0 Å². The zero-order valence-electron chi connectivity index (χ0n) is 11.2. The van der Waals surface area contributed by atoms with Crippen molar-refractivity contribution in [3.63, 3.8) is 0 Å². The summed E-state index contributed by atoms with van der Waals surface area (Å²) in [5.41, 5.74) is 0.854. The monoisotopic (exact) mass is 265 g/mol. The molecule has 104 valence electrons. The van der Waals surface area contributed by atoms with Crippen LogP contribution in [0.1, 0.15) is 41.6 Å². The summed E-state index contributed by atoms with van der Waals surface area (Å²) in [7, 11) is 0. The van der Waals surface area contributed by atoms with Crippen molar-refractivity contribution in [1.29, 1.82) is 0 Å². The van der Waals surface area contributed by atoms with E-state index in [1.807, 2.05) is 0 Å². The first-order valence-electron chi connectivity index (χ1n) is 6.80. The van der Waals surface area contributed by atoms with Gasteiger partial charge in [0.25, 0.3) is 5.91 Å². The van der Waals surface area contributed by atoms with Crippen molar-refractivity contribution >= 4 is 5.91 Å². The number of carbonyl (C=O) groups excluding carboxylic acids is 1.